The largest absolute Gasteiger partial charge is 0.351 e. The van der Waals surface area contributed by atoms with Crippen molar-refractivity contribution in [3.63, 3.8) is 0 Å². The highest BCUT2D eigenvalue weighted by Crippen LogP contribution is 2.17. The van der Waals surface area contributed by atoms with Gasteiger partial charge < -0.3 is 10.6 Å². The summed E-state index contributed by atoms with van der Waals surface area (Å²) < 4.78 is 0. The van der Waals surface area contributed by atoms with Crippen molar-refractivity contribution in [2.45, 2.75) is 0 Å². The third kappa shape index (κ3) is 4.69. The number of carbonyl (C=O) groups excluding carboxylic acids is 2. The Kier molecular flexibility index (Phi) is 6.39. The smallest absolute Gasteiger partial charge is 0.252 e. The van der Waals surface area contributed by atoms with Gasteiger partial charge in [-0.1, -0.05) is 29.8 Å². The highest BCUT2D eigenvalue weighted by molar-refractivity contribution is 6.30. The fourth-order valence-electron chi connectivity index (χ4n) is 2.99. The molecule has 6 heteroatoms. The Morgan fingerprint density at radius 1 is 1.00 bits per heavy atom. The van der Waals surface area contributed by atoms with Crippen molar-refractivity contribution in [3.8, 4) is 0 Å². The summed E-state index contributed by atoms with van der Waals surface area (Å²) in [4.78, 5) is 27.7. The van der Waals surface area contributed by atoms with Gasteiger partial charge in [-0.3, -0.25) is 14.5 Å². The first-order valence-corrected chi connectivity index (χ1v) is 9.13. The molecular formula is C20H22ClN3O2. The molecule has 0 spiro atoms. The number of hydrogen-bond donors (Lipinski definition) is 2. The molecule has 1 heterocycles. The van der Waals surface area contributed by atoms with Crippen LogP contribution in [0.4, 0.5) is 0 Å². The lowest BCUT2D eigenvalue weighted by Crippen LogP contribution is -2.46. The van der Waals surface area contributed by atoms with Gasteiger partial charge in [-0.15, -0.1) is 0 Å². The first-order chi connectivity index (χ1) is 12.6. The minimum atomic E-state index is -0.224. The molecule has 2 N–H and O–H groups in total. The molecule has 0 saturated carbocycles. The molecule has 0 radical (unpaired) electrons. The van der Waals surface area contributed by atoms with E-state index < -0.39 is 0 Å². The topological polar surface area (TPSA) is 61.4 Å². The molecule has 2 aromatic carbocycles. The molecule has 0 bridgehead atoms. The molecule has 0 unspecified atom stereocenters. The fourth-order valence-corrected chi connectivity index (χ4v) is 3.12. The van der Waals surface area contributed by atoms with E-state index in [1.165, 1.54) is 0 Å². The number of benzene rings is 2. The Morgan fingerprint density at radius 3 is 2.35 bits per heavy atom. The molecule has 0 aliphatic carbocycles. The molecule has 26 heavy (non-hydrogen) atoms. The summed E-state index contributed by atoms with van der Waals surface area (Å²) in [5.41, 5.74) is 1.30. The van der Waals surface area contributed by atoms with Gasteiger partial charge in [0.05, 0.1) is 5.56 Å². The van der Waals surface area contributed by atoms with Crippen LogP contribution in [-0.4, -0.2) is 55.9 Å². The molecule has 0 atom stereocenters. The van der Waals surface area contributed by atoms with E-state index >= 15 is 0 Å². The van der Waals surface area contributed by atoms with E-state index in [9.17, 15) is 9.59 Å². The number of nitrogens with one attached hydrogen (secondary N) is 2. The third-order valence-electron chi connectivity index (χ3n) is 4.45. The predicted molar refractivity (Wildman–Crippen MR) is 103 cm³/mol. The number of piperazine rings is 1. The zero-order valence-corrected chi connectivity index (χ0v) is 15.3. The van der Waals surface area contributed by atoms with E-state index in [1.807, 2.05) is 0 Å². The number of carbonyl (C=O) groups is 2. The highest BCUT2D eigenvalue weighted by Gasteiger charge is 2.18. The highest BCUT2D eigenvalue weighted by atomic mass is 35.5. The van der Waals surface area contributed by atoms with Crippen LogP contribution in [0.5, 0.6) is 0 Å². The lowest BCUT2D eigenvalue weighted by atomic mass is 9.98. The Hall–Kier alpha value is -2.21. The third-order valence-corrected chi connectivity index (χ3v) is 4.70. The average Bonchev–Trinajstić information content (AvgIpc) is 2.69. The number of amides is 1. The summed E-state index contributed by atoms with van der Waals surface area (Å²) >= 11 is 5.88. The molecule has 1 fully saturated rings. The van der Waals surface area contributed by atoms with Crippen LogP contribution in [0.3, 0.4) is 0 Å². The van der Waals surface area contributed by atoms with Crippen LogP contribution < -0.4 is 10.6 Å². The summed E-state index contributed by atoms with van der Waals surface area (Å²) in [6, 6.07) is 13.6. The van der Waals surface area contributed by atoms with Gasteiger partial charge >= 0.3 is 0 Å². The fraction of sp³-hybridized carbons (Fsp3) is 0.300. The van der Waals surface area contributed by atoms with Gasteiger partial charge in [-0.25, -0.2) is 0 Å². The quantitative estimate of drug-likeness (QED) is 0.764. The summed E-state index contributed by atoms with van der Waals surface area (Å²) in [6.45, 7) is 5.30. The van der Waals surface area contributed by atoms with Gasteiger partial charge in [-0.2, -0.15) is 0 Å². The predicted octanol–water partition coefficient (Wildman–Crippen LogP) is 2.21. The van der Waals surface area contributed by atoms with Gasteiger partial charge in [0.2, 0.25) is 0 Å². The Bertz CT molecular complexity index is 771. The normalized spacial score (nSPS) is 14.8. The molecule has 3 rings (SSSR count). The molecule has 0 aromatic heterocycles. The standard InChI is InChI=1S/C20H22ClN3O2/c21-16-7-5-15(6-8-16)19(25)17-3-1-2-4-18(17)20(26)23-11-14-24-12-9-22-10-13-24/h1-8,22H,9-14H2,(H,23,26). The summed E-state index contributed by atoms with van der Waals surface area (Å²) in [5, 5.41) is 6.80. The van der Waals surface area contributed by atoms with Crippen LogP contribution in [0.1, 0.15) is 26.3 Å². The molecule has 1 amide bonds. The van der Waals surface area contributed by atoms with E-state index in [0.717, 1.165) is 32.7 Å². The van der Waals surface area contributed by atoms with Crippen molar-refractivity contribution in [1.82, 2.24) is 15.5 Å². The van der Waals surface area contributed by atoms with Crippen molar-refractivity contribution in [3.05, 3.63) is 70.2 Å². The number of hydrogen-bond acceptors (Lipinski definition) is 4. The number of halogens is 1. The zero-order chi connectivity index (χ0) is 18.4. The van der Waals surface area contributed by atoms with Crippen LogP contribution in [0.15, 0.2) is 48.5 Å². The minimum Gasteiger partial charge on any atom is -0.351 e. The molecule has 1 saturated heterocycles. The summed E-state index contributed by atoms with van der Waals surface area (Å²) in [5.74, 6) is -0.410. The van der Waals surface area contributed by atoms with Crippen molar-refractivity contribution in [2.24, 2.45) is 0 Å². The second-order valence-corrected chi connectivity index (χ2v) is 6.67. The Morgan fingerprint density at radius 2 is 1.65 bits per heavy atom. The SMILES string of the molecule is O=C(NCCN1CCNCC1)c1ccccc1C(=O)c1ccc(Cl)cc1. The first kappa shape index (κ1) is 18.6. The summed E-state index contributed by atoms with van der Waals surface area (Å²) in [6.07, 6.45) is 0. The number of ketones is 1. The number of nitrogens with zero attached hydrogens (tertiary/aromatic N) is 1. The second-order valence-electron chi connectivity index (χ2n) is 6.23. The van der Waals surface area contributed by atoms with Crippen LogP contribution in [0.2, 0.25) is 5.02 Å². The van der Waals surface area contributed by atoms with Crippen LogP contribution in [0, 0.1) is 0 Å². The molecule has 136 valence electrons. The van der Waals surface area contributed by atoms with E-state index in [-0.39, 0.29) is 11.7 Å². The first-order valence-electron chi connectivity index (χ1n) is 8.76. The van der Waals surface area contributed by atoms with Crippen LogP contribution in [-0.2, 0) is 0 Å². The summed E-state index contributed by atoms with van der Waals surface area (Å²) in [7, 11) is 0. The molecule has 1 aliphatic rings. The van der Waals surface area contributed by atoms with E-state index in [2.05, 4.69) is 15.5 Å². The minimum absolute atomic E-state index is 0.186. The van der Waals surface area contributed by atoms with Gasteiger partial charge in [0.1, 0.15) is 0 Å². The maximum atomic E-state index is 12.8. The van der Waals surface area contributed by atoms with E-state index in [1.54, 1.807) is 48.5 Å². The van der Waals surface area contributed by atoms with Crippen molar-refractivity contribution in [2.75, 3.05) is 39.3 Å². The van der Waals surface area contributed by atoms with Crippen LogP contribution in [0.25, 0.3) is 0 Å². The maximum Gasteiger partial charge on any atom is 0.252 e. The second kappa shape index (κ2) is 8.94. The molecule has 2 aromatic rings. The Balaban J connectivity index is 1.66. The molecule has 5 nitrogen and oxygen atoms in total. The molecule has 1 aliphatic heterocycles. The monoisotopic (exact) mass is 371 g/mol. The van der Waals surface area contributed by atoms with Gasteiger partial charge in [-0.05, 0) is 30.3 Å². The van der Waals surface area contributed by atoms with Gasteiger partial charge in [0.25, 0.3) is 5.91 Å². The van der Waals surface area contributed by atoms with E-state index in [4.69, 9.17) is 11.6 Å². The molecular weight excluding hydrogens is 350 g/mol. The zero-order valence-electron chi connectivity index (χ0n) is 14.5. The lowest BCUT2D eigenvalue weighted by molar-refractivity contribution is 0.0936. The lowest BCUT2D eigenvalue weighted by Gasteiger charge is -2.27. The van der Waals surface area contributed by atoms with Gasteiger partial charge in [0.15, 0.2) is 5.78 Å². The van der Waals surface area contributed by atoms with Crippen molar-refractivity contribution in [1.29, 1.82) is 0 Å². The van der Waals surface area contributed by atoms with Crippen molar-refractivity contribution < 1.29 is 9.59 Å². The maximum absolute atomic E-state index is 12.8. The average molecular weight is 372 g/mol. The van der Waals surface area contributed by atoms with E-state index in [0.29, 0.717) is 28.3 Å². The van der Waals surface area contributed by atoms with Gasteiger partial charge in [0, 0.05) is 55.4 Å². The Labute approximate surface area is 158 Å². The van der Waals surface area contributed by atoms with Crippen LogP contribution >= 0.6 is 11.6 Å². The number of rotatable bonds is 6. The van der Waals surface area contributed by atoms with Crippen molar-refractivity contribution >= 4 is 23.3 Å².